The lowest BCUT2D eigenvalue weighted by Crippen LogP contribution is -2.58. The highest BCUT2D eigenvalue weighted by atomic mass is 32.1. The minimum absolute atomic E-state index is 0.00357. The molecule has 2 aliphatic rings. The second kappa shape index (κ2) is 6.37. The van der Waals surface area contributed by atoms with Crippen LogP contribution in [0.1, 0.15) is 26.7 Å². The van der Waals surface area contributed by atoms with E-state index >= 15 is 0 Å². The fourth-order valence-corrected chi connectivity index (χ4v) is 3.47. The Morgan fingerprint density at radius 3 is 2.60 bits per heavy atom. The van der Waals surface area contributed by atoms with Gasteiger partial charge < -0.3 is 15.8 Å². The summed E-state index contributed by atoms with van der Waals surface area (Å²) in [5.41, 5.74) is 5.20. The van der Waals surface area contributed by atoms with E-state index in [1.54, 1.807) is 0 Å². The van der Waals surface area contributed by atoms with Gasteiger partial charge in [-0.3, -0.25) is 9.69 Å². The van der Waals surface area contributed by atoms with Crippen molar-refractivity contribution in [2.24, 2.45) is 17.1 Å². The lowest BCUT2D eigenvalue weighted by molar-refractivity contribution is -0.133. The summed E-state index contributed by atoms with van der Waals surface area (Å²) in [6, 6.07) is 0.0998. The molecule has 0 aromatic carbocycles. The van der Waals surface area contributed by atoms with E-state index in [9.17, 15) is 4.79 Å². The number of hydrogen-bond acceptors (Lipinski definition) is 4. The number of rotatable bonds is 5. The SMILES string of the molecule is CC1CC(C(=O)NC(C)CN2CCOCC2)(C(N)=S)C1. The van der Waals surface area contributed by atoms with Crippen LogP contribution in [0.25, 0.3) is 0 Å². The molecular weight excluding hydrogens is 274 g/mol. The van der Waals surface area contributed by atoms with E-state index in [0.717, 1.165) is 45.7 Å². The Morgan fingerprint density at radius 2 is 2.10 bits per heavy atom. The Hall–Kier alpha value is -0.720. The fourth-order valence-electron chi connectivity index (χ4n) is 3.21. The predicted molar refractivity (Wildman–Crippen MR) is 82.5 cm³/mol. The largest absolute Gasteiger partial charge is 0.392 e. The first kappa shape index (κ1) is 15.7. The lowest BCUT2D eigenvalue weighted by atomic mass is 9.62. The predicted octanol–water partition coefficient (Wildman–Crippen LogP) is 0.526. The third-order valence-corrected chi connectivity index (χ3v) is 4.70. The van der Waals surface area contributed by atoms with Gasteiger partial charge in [-0.1, -0.05) is 19.1 Å². The summed E-state index contributed by atoms with van der Waals surface area (Å²) < 4.78 is 5.32. The monoisotopic (exact) mass is 299 g/mol. The minimum Gasteiger partial charge on any atom is -0.392 e. The van der Waals surface area contributed by atoms with Crippen molar-refractivity contribution >= 4 is 23.1 Å². The van der Waals surface area contributed by atoms with E-state index in [1.165, 1.54) is 0 Å². The van der Waals surface area contributed by atoms with Crippen molar-refractivity contribution in [3.05, 3.63) is 0 Å². The quantitative estimate of drug-likeness (QED) is 0.725. The van der Waals surface area contributed by atoms with Gasteiger partial charge in [0.2, 0.25) is 5.91 Å². The molecule has 2 rings (SSSR count). The summed E-state index contributed by atoms with van der Waals surface area (Å²) in [7, 11) is 0. The maximum Gasteiger partial charge on any atom is 0.233 e. The number of hydrogen-bond donors (Lipinski definition) is 2. The van der Waals surface area contributed by atoms with Gasteiger partial charge in [0, 0.05) is 25.7 Å². The molecule has 0 bridgehead atoms. The first-order valence-electron chi connectivity index (χ1n) is 7.35. The molecule has 1 amide bonds. The molecule has 0 aromatic rings. The second-order valence-electron chi connectivity index (χ2n) is 6.25. The van der Waals surface area contributed by atoms with Crippen molar-refractivity contribution in [3.63, 3.8) is 0 Å². The Bertz CT molecular complexity index is 377. The zero-order valence-corrected chi connectivity index (χ0v) is 13.2. The molecule has 1 unspecified atom stereocenters. The summed E-state index contributed by atoms with van der Waals surface area (Å²) in [6.07, 6.45) is 1.55. The van der Waals surface area contributed by atoms with Gasteiger partial charge in [-0.05, 0) is 25.7 Å². The molecule has 0 radical (unpaired) electrons. The first-order chi connectivity index (χ1) is 9.44. The van der Waals surface area contributed by atoms with Crippen molar-refractivity contribution in [3.8, 4) is 0 Å². The smallest absolute Gasteiger partial charge is 0.233 e. The summed E-state index contributed by atoms with van der Waals surface area (Å²) >= 11 is 5.11. The number of nitrogens with two attached hydrogens (primary N) is 1. The lowest BCUT2D eigenvalue weighted by Gasteiger charge is -2.44. The standard InChI is InChI=1S/C14H25N3O2S/c1-10-7-14(8-10,12(15)20)13(18)16-11(2)9-17-3-5-19-6-4-17/h10-11H,3-9H2,1-2H3,(H2,15,20)(H,16,18). The van der Waals surface area contributed by atoms with Crippen LogP contribution < -0.4 is 11.1 Å². The number of amides is 1. The van der Waals surface area contributed by atoms with Gasteiger partial charge in [-0.25, -0.2) is 0 Å². The second-order valence-corrected chi connectivity index (χ2v) is 6.69. The maximum absolute atomic E-state index is 12.5. The van der Waals surface area contributed by atoms with E-state index in [4.69, 9.17) is 22.7 Å². The molecule has 3 N–H and O–H groups in total. The van der Waals surface area contributed by atoms with Crippen LogP contribution in [0.5, 0.6) is 0 Å². The number of carbonyl (C=O) groups excluding carboxylic acids is 1. The normalized spacial score (nSPS) is 32.2. The summed E-state index contributed by atoms with van der Waals surface area (Å²) in [5.74, 6) is 0.528. The van der Waals surface area contributed by atoms with Crippen molar-refractivity contribution < 1.29 is 9.53 Å². The highest BCUT2D eigenvalue weighted by Gasteiger charge is 2.51. The average Bonchev–Trinajstić information content (AvgIpc) is 2.35. The Balaban J connectivity index is 1.85. The van der Waals surface area contributed by atoms with E-state index in [2.05, 4.69) is 17.1 Å². The van der Waals surface area contributed by atoms with Gasteiger partial charge >= 0.3 is 0 Å². The highest BCUT2D eigenvalue weighted by molar-refractivity contribution is 7.80. The molecule has 114 valence electrons. The number of carbonyl (C=O) groups is 1. The molecule has 1 aliphatic heterocycles. The Kier molecular flexibility index (Phi) is 4.99. The molecule has 1 atom stereocenters. The van der Waals surface area contributed by atoms with Crippen LogP contribution in [-0.2, 0) is 9.53 Å². The molecule has 6 heteroatoms. The van der Waals surface area contributed by atoms with Crippen LogP contribution in [0.15, 0.2) is 0 Å². The molecule has 1 heterocycles. The Morgan fingerprint density at radius 1 is 1.50 bits per heavy atom. The molecule has 1 aliphatic carbocycles. The highest BCUT2D eigenvalue weighted by Crippen LogP contribution is 2.46. The van der Waals surface area contributed by atoms with Crippen molar-refractivity contribution in [2.45, 2.75) is 32.7 Å². The van der Waals surface area contributed by atoms with Gasteiger partial charge in [-0.2, -0.15) is 0 Å². The Labute approximate surface area is 126 Å². The van der Waals surface area contributed by atoms with E-state index in [1.807, 2.05) is 6.92 Å². The average molecular weight is 299 g/mol. The molecule has 5 nitrogen and oxygen atoms in total. The molecule has 1 saturated carbocycles. The van der Waals surface area contributed by atoms with Crippen LogP contribution >= 0.6 is 12.2 Å². The van der Waals surface area contributed by atoms with E-state index in [-0.39, 0.29) is 11.9 Å². The fraction of sp³-hybridized carbons (Fsp3) is 0.857. The molecule has 20 heavy (non-hydrogen) atoms. The van der Waals surface area contributed by atoms with Gasteiger partial charge in [0.25, 0.3) is 0 Å². The molecule has 1 saturated heterocycles. The van der Waals surface area contributed by atoms with Gasteiger partial charge in [-0.15, -0.1) is 0 Å². The van der Waals surface area contributed by atoms with Crippen LogP contribution in [-0.4, -0.2) is 54.7 Å². The maximum atomic E-state index is 12.5. The zero-order chi connectivity index (χ0) is 14.8. The zero-order valence-electron chi connectivity index (χ0n) is 12.4. The number of ether oxygens (including phenoxy) is 1. The van der Waals surface area contributed by atoms with Gasteiger partial charge in [0.1, 0.15) is 0 Å². The van der Waals surface area contributed by atoms with E-state index < -0.39 is 5.41 Å². The minimum atomic E-state index is -0.603. The van der Waals surface area contributed by atoms with Crippen molar-refractivity contribution in [1.29, 1.82) is 0 Å². The molecular formula is C14H25N3O2S. The third kappa shape index (κ3) is 3.30. The number of nitrogens with zero attached hydrogens (tertiary/aromatic N) is 1. The topological polar surface area (TPSA) is 67.6 Å². The molecule has 2 fully saturated rings. The number of thiocarbonyl (C=S) groups is 1. The summed E-state index contributed by atoms with van der Waals surface area (Å²) in [6.45, 7) is 8.40. The van der Waals surface area contributed by atoms with Crippen molar-refractivity contribution in [2.75, 3.05) is 32.8 Å². The summed E-state index contributed by atoms with van der Waals surface area (Å²) in [4.78, 5) is 15.1. The van der Waals surface area contributed by atoms with Crippen LogP contribution in [0.3, 0.4) is 0 Å². The van der Waals surface area contributed by atoms with Crippen LogP contribution in [0, 0.1) is 11.3 Å². The summed E-state index contributed by atoms with van der Waals surface area (Å²) in [5, 5.41) is 3.08. The molecule has 0 spiro atoms. The number of nitrogens with one attached hydrogen (secondary N) is 1. The first-order valence-corrected chi connectivity index (χ1v) is 7.76. The van der Waals surface area contributed by atoms with E-state index in [0.29, 0.717) is 10.9 Å². The van der Waals surface area contributed by atoms with Crippen LogP contribution in [0.2, 0.25) is 0 Å². The van der Waals surface area contributed by atoms with Gasteiger partial charge in [0.15, 0.2) is 0 Å². The van der Waals surface area contributed by atoms with Crippen molar-refractivity contribution in [1.82, 2.24) is 10.2 Å². The van der Waals surface area contributed by atoms with Gasteiger partial charge in [0.05, 0.1) is 23.6 Å². The van der Waals surface area contributed by atoms with Crippen LogP contribution in [0.4, 0.5) is 0 Å². The molecule has 0 aromatic heterocycles. The number of morpholine rings is 1. The third-order valence-electron chi connectivity index (χ3n) is 4.31.